The normalized spacial score (nSPS) is 22.8. The second-order valence-electron chi connectivity index (χ2n) is 6.41. The molecule has 0 radical (unpaired) electrons. The molecular formula is C16H24N2O2S. The van der Waals surface area contributed by atoms with Gasteiger partial charge in [-0.1, -0.05) is 18.9 Å². The summed E-state index contributed by atoms with van der Waals surface area (Å²) in [7, 11) is -2.82. The average molecular weight is 308 g/mol. The Morgan fingerprint density at radius 1 is 1.29 bits per heavy atom. The molecule has 3 rings (SSSR count). The van der Waals surface area contributed by atoms with Crippen LogP contribution in [0.5, 0.6) is 0 Å². The Morgan fingerprint density at radius 2 is 2.00 bits per heavy atom. The van der Waals surface area contributed by atoms with Crippen molar-refractivity contribution >= 4 is 21.2 Å². The van der Waals surface area contributed by atoms with Crippen molar-refractivity contribution in [3.8, 4) is 0 Å². The highest BCUT2D eigenvalue weighted by molar-refractivity contribution is 7.91. The van der Waals surface area contributed by atoms with Crippen molar-refractivity contribution in [2.75, 3.05) is 34.8 Å². The van der Waals surface area contributed by atoms with Crippen molar-refractivity contribution in [3.05, 3.63) is 24.3 Å². The minimum atomic E-state index is -2.82. The first-order valence-corrected chi connectivity index (χ1v) is 9.66. The molecule has 1 heterocycles. The molecule has 1 atom stereocenters. The lowest BCUT2D eigenvalue weighted by molar-refractivity contribution is 0.587. The maximum Gasteiger partial charge on any atom is 0.153 e. The molecule has 0 amide bonds. The van der Waals surface area contributed by atoms with Gasteiger partial charge in [-0.25, -0.2) is 8.42 Å². The second-order valence-corrected chi connectivity index (χ2v) is 8.72. The molecule has 116 valence electrons. The molecule has 0 spiro atoms. The molecule has 1 aromatic carbocycles. The Hall–Kier alpha value is -1.23. The third kappa shape index (κ3) is 4.13. The van der Waals surface area contributed by atoms with Crippen LogP contribution in [0.15, 0.2) is 24.3 Å². The molecule has 1 aliphatic heterocycles. The van der Waals surface area contributed by atoms with Gasteiger partial charge >= 0.3 is 0 Å². The van der Waals surface area contributed by atoms with E-state index in [0.29, 0.717) is 19.1 Å². The minimum Gasteiger partial charge on any atom is -0.383 e. The van der Waals surface area contributed by atoms with Gasteiger partial charge in [-0.05, 0) is 37.5 Å². The third-order valence-corrected chi connectivity index (χ3v) is 5.96. The molecule has 1 aromatic rings. The van der Waals surface area contributed by atoms with Crippen molar-refractivity contribution < 1.29 is 8.42 Å². The van der Waals surface area contributed by atoms with Gasteiger partial charge in [0.05, 0.1) is 11.5 Å². The van der Waals surface area contributed by atoms with E-state index in [4.69, 9.17) is 0 Å². The van der Waals surface area contributed by atoms with Gasteiger partial charge in [0, 0.05) is 30.5 Å². The van der Waals surface area contributed by atoms with E-state index in [-0.39, 0.29) is 11.5 Å². The van der Waals surface area contributed by atoms with Crippen molar-refractivity contribution in [2.45, 2.75) is 32.2 Å². The standard InChI is InChI=1S/C16H24N2O2S/c1-13(11-14-5-6-14)17-15-3-2-4-16(12-15)18-7-9-21(19,20)10-8-18/h2-4,12-14,17H,5-11H2,1H3. The summed E-state index contributed by atoms with van der Waals surface area (Å²) in [4.78, 5) is 2.16. The van der Waals surface area contributed by atoms with Gasteiger partial charge in [0.25, 0.3) is 0 Å². The van der Waals surface area contributed by atoms with Crippen LogP contribution in [-0.2, 0) is 9.84 Å². The quantitative estimate of drug-likeness (QED) is 0.908. The molecule has 1 saturated carbocycles. The molecule has 1 saturated heterocycles. The van der Waals surface area contributed by atoms with E-state index in [0.717, 1.165) is 17.3 Å². The van der Waals surface area contributed by atoms with E-state index < -0.39 is 9.84 Å². The van der Waals surface area contributed by atoms with Gasteiger partial charge in [-0.2, -0.15) is 0 Å². The fraction of sp³-hybridized carbons (Fsp3) is 0.625. The number of nitrogens with one attached hydrogen (secondary N) is 1. The van der Waals surface area contributed by atoms with E-state index in [1.807, 2.05) is 6.07 Å². The number of hydrogen-bond donors (Lipinski definition) is 1. The first-order chi connectivity index (χ1) is 10.0. The number of hydrogen-bond acceptors (Lipinski definition) is 4. The lowest BCUT2D eigenvalue weighted by Gasteiger charge is -2.29. The largest absolute Gasteiger partial charge is 0.383 e. The van der Waals surface area contributed by atoms with E-state index in [2.05, 4.69) is 35.3 Å². The predicted octanol–water partition coefficient (Wildman–Crippen LogP) is 2.52. The number of rotatable bonds is 5. The molecule has 0 aromatic heterocycles. The van der Waals surface area contributed by atoms with Crippen LogP contribution in [0.2, 0.25) is 0 Å². The summed E-state index contributed by atoms with van der Waals surface area (Å²) in [5, 5.41) is 3.56. The van der Waals surface area contributed by atoms with E-state index >= 15 is 0 Å². The fourth-order valence-electron chi connectivity index (χ4n) is 2.96. The van der Waals surface area contributed by atoms with Crippen LogP contribution >= 0.6 is 0 Å². The molecule has 5 heteroatoms. The zero-order valence-electron chi connectivity index (χ0n) is 12.6. The summed E-state index contributed by atoms with van der Waals surface area (Å²) < 4.78 is 23.0. The summed E-state index contributed by atoms with van der Waals surface area (Å²) in [6.45, 7) is 3.44. The van der Waals surface area contributed by atoms with Gasteiger partial charge in [0.2, 0.25) is 0 Å². The zero-order valence-corrected chi connectivity index (χ0v) is 13.4. The first-order valence-electron chi connectivity index (χ1n) is 7.84. The van der Waals surface area contributed by atoms with Crippen LogP contribution in [0.3, 0.4) is 0 Å². The molecule has 21 heavy (non-hydrogen) atoms. The monoisotopic (exact) mass is 308 g/mol. The van der Waals surface area contributed by atoms with Crippen LogP contribution in [-0.4, -0.2) is 39.1 Å². The Balaban J connectivity index is 1.62. The van der Waals surface area contributed by atoms with E-state index in [1.165, 1.54) is 19.3 Å². The van der Waals surface area contributed by atoms with Gasteiger partial charge < -0.3 is 10.2 Å². The maximum absolute atomic E-state index is 11.5. The zero-order chi connectivity index (χ0) is 14.9. The van der Waals surface area contributed by atoms with Crippen molar-refractivity contribution in [1.29, 1.82) is 0 Å². The smallest absolute Gasteiger partial charge is 0.153 e. The lowest BCUT2D eigenvalue weighted by atomic mass is 10.1. The van der Waals surface area contributed by atoms with Crippen LogP contribution in [0, 0.1) is 5.92 Å². The maximum atomic E-state index is 11.5. The second kappa shape index (κ2) is 5.87. The van der Waals surface area contributed by atoms with Gasteiger partial charge in [0.15, 0.2) is 9.84 Å². The van der Waals surface area contributed by atoms with E-state index in [1.54, 1.807) is 0 Å². The molecule has 1 aliphatic carbocycles. The van der Waals surface area contributed by atoms with Crippen LogP contribution < -0.4 is 10.2 Å². The SMILES string of the molecule is CC(CC1CC1)Nc1cccc(N2CCS(=O)(=O)CC2)c1. The highest BCUT2D eigenvalue weighted by Crippen LogP contribution is 2.34. The Bertz CT molecular complexity index is 582. The Labute approximate surface area is 127 Å². The van der Waals surface area contributed by atoms with Crippen molar-refractivity contribution in [3.63, 3.8) is 0 Å². The summed E-state index contributed by atoms with van der Waals surface area (Å²) in [6.07, 6.45) is 4.01. The molecular weight excluding hydrogens is 284 g/mol. The minimum absolute atomic E-state index is 0.267. The first kappa shape index (κ1) is 14.7. The molecule has 0 bridgehead atoms. The number of nitrogens with zero attached hydrogens (tertiary/aromatic N) is 1. The summed E-state index contributed by atoms with van der Waals surface area (Å²) >= 11 is 0. The molecule has 2 aliphatic rings. The van der Waals surface area contributed by atoms with Gasteiger partial charge in [-0.3, -0.25) is 0 Å². The Morgan fingerprint density at radius 3 is 2.67 bits per heavy atom. The summed E-state index contributed by atoms with van der Waals surface area (Å²) in [5.74, 6) is 1.45. The highest BCUT2D eigenvalue weighted by Gasteiger charge is 2.24. The van der Waals surface area contributed by atoms with Crippen LogP contribution in [0.25, 0.3) is 0 Å². The highest BCUT2D eigenvalue weighted by atomic mass is 32.2. The summed E-state index contributed by atoms with van der Waals surface area (Å²) in [5.41, 5.74) is 2.25. The molecule has 4 nitrogen and oxygen atoms in total. The van der Waals surface area contributed by atoms with E-state index in [9.17, 15) is 8.42 Å². The number of anilines is 2. The van der Waals surface area contributed by atoms with Crippen LogP contribution in [0.1, 0.15) is 26.2 Å². The topological polar surface area (TPSA) is 49.4 Å². The fourth-order valence-corrected chi connectivity index (χ4v) is 4.16. The Kier molecular flexibility index (Phi) is 4.11. The lowest BCUT2D eigenvalue weighted by Crippen LogP contribution is -2.40. The molecule has 1 unspecified atom stereocenters. The number of benzene rings is 1. The summed E-state index contributed by atoms with van der Waals surface area (Å²) in [6, 6.07) is 8.84. The van der Waals surface area contributed by atoms with Gasteiger partial charge in [-0.15, -0.1) is 0 Å². The third-order valence-electron chi connectivity index (χ3n) is 4.35. The van der Waals surface area contributed by atoms with Crippen molar-refractivity contribution in [2.24, 2.45) is 5.92 Å². The molecule has 1 N–H and O–H groups in total. The van der Waals surface area contributed by atoms with Gasteiger partial charge in [0.1, 0.15) is 0 Å². The predicted molar refractivity (Wildman–Crippen MR) is 87.7 cm³/mol. The number of sulfone groups is 1. The van der Waals surface area contributed by atoms with Crippen molar-refractivity contribution in [1.82, 2.24) is 0 Å². The van der Waals surface area contributed by atoms with Crippen LogP contribution in [0.4, 0.5) is 11.4 Å². The average Bonchev–Trinajstić information content (AvgIpc) is 3.22. The molecule has 2 fully saturated rings.